The average molecular weight is 558 g/mol. The van der Waals surface area contributed by atoms with E-state index in [1.165, 1.54) is 25.7 Å². The van der Waals surface area contributed by atoms with E-state index in [-0.39, 0.29) is 46.8 Å². The number of carbonyl (C=O) groups is 2. The second kappa shape index (κ2) is 8.76. The van der Waals surface area contributed by atoms with Crippen molar-refractivity contribution in [2.24, 2.45) is 50.7 Å². The van der Waals surface area contributed by atoms with Gasteiger partial charge in [-0.25, -0.2) is 0 Å². The molecule has 5 aliphatic carbocycles. The summed E-state index contributed by atoms with van der Waals surface area (Å²) in [6, 6.07) is 0. The highest BCUT2D eigenvalue weighted by atomic mass is 16.7. The molecule has 0 aromatic heterocycles. The van der Waals surface area contributed by atoms with Gasteiger partial charge >= 0.3 is 0 Å². The van der Waals surface area contributed by atoms with E-state index >= 15 is 0 Å². The van der Waals surface area contributed by atoms with Crippen molar-refractivity contribution in [3.05, 3.63) is 0 Å². The van der Waals surface area contributed by atoms with Crippen molar-refractivity contribution in [2.45, 2.75) is 124 Å². The molecule has 7 heteroatoms. The number of aldehydes is 1. The minimum atomic E-state index is -0.524. The number of nitrogens with zero attached hydrogens (tertiary/aromatic N) is 1. The van der Waals surface area contributed by atoms with Crippen LogP contribution in [0.4, 0.5) is 0 Å². The van der Waals surface area contributed by atoms with Crippen molar-refractivity contribution in [3.8, 4) is 0 Å². The molecule has 7 unspecified atom stereocenters. The number of hydrogen-bond donors (Lipinski definition) is 1. The topological polar surface area (TPSA) is 85.3 Å². The summed E-state index contributed by atoms with van der Waals surface area (Å²) in [5.74, 6) is 1.84. The first kappa shape index (κ1) is 27.8. The lowest BCUT2D eigenvalue weighted by Crippen LogP contribution is -2.60. The summed E-state index contributed by atoms with van der Waals surface area (Å²) >= 11 is 0. The van der Waals surface area contributed by atoms with Crippen LogP contribution in [0.3, 0.4) is 0 Å². The number of morpholine rings is 1. The summed E-state index contributed by atoms with van der Waals surface area (Å²) in [7, 11) is 0. The van der Waals surface area contributed by atoms with Gasteiger partial charge in [-0.3, -0.25) is 4.79 Å². The predicted molar refractivity (Wildman–Crippen MR) is 149 cm³/mol. The van der Waals surface area contributed by atoms with Gasteiger partial charge in [0, 0.05) is 18.9 Å². The zero-order valence-corrected chi connectivity index (χ0v) is 25.5. The highest BCUT2D eigenvalue weighted by Crippen LogP contribution is 2.89. The van der Waals surface area contributed by atoms with Crippen LogP contribution in [0.5, 0.6) is 0 Å². The highest BCUT2D eigenvalue weighted by molar-refractivity contribution is 5.73. The second-order valence-corrected chi connectivity index (χ2v) is 16.1. The van der Waals surface area contributed by atoms with Gasteiger partial charge in [-0.2, -0.15) is 0 Å². The van der Waals surface area contributed by atoms with Gasteiger partial charge in [-0.05, 0) is 96.7 Å². The van der Waals surface area contributed by atoms with Crippen molar-refractivity contribution < 1.29 is 28.9 Å². The Morgan fingerprint density at radius 3 is 2.50 bits per heavy atom. The monoisotopic (exact) mass is 557 g/mol. The van der Waals surface area contributed by atoms with Crippen molar-refractivity contribution in [1.29, 1.82) is 0 Å². The van der Waals surface area contributed by atoms with Crippen LogP contribution < -0.4 is 0 Å². The molecule has 2 heterocycles. The fourth-order valence-electron chi connectivity index (χ4n) is 12.8. The van der Waals surface area contributed by atoms with E-state index in [1.807, 2.05) is 4.90 Å². The molecular formula is C33H51NO6. The van der Waals surface area contributed by atoms with Gasteiger partial charge < -0.3 is 29.0 Å². The molecular weight excluding hydrogens is 506 g/mol. The number of hydrogen-bond acceptors (Lipinski definition) is 6. The Kier molecular flexibility index (Phi) is 6.09. The van der Waals surface area contributed by atoms with Crippen LogP contribution in [-0.4, -0.2) is 72.6 Å². The molecule has 7 fully saturated rings. The molecule has 2 spiro atoms. The molecule has 0 aromatic carbocycles. The number of rotatable bonds is 3. The van der Waals surface area contributed by atoms with Crippen LogP contribution in [0.1, 0.15) is 92.9 Å². The molecule has 13 atom stereocenters. The van der Waals surface area contributed by atoms with Gasteiger partial charge in [-0.1, -0.05) is 34.6 Å². The first-order chi connectivity index (χ1) is 18.9. The molecule has 5 saturated carbocycles. The summed E-state index contributed by atoms with van der Waals surface area (Å²) in [6.45, 7) is 15.3. The summed E-state index contributed by atoms with van der Waals surface area (Å²) in [6.07, 6.45) is 8.56. The molecule has 224 valence electrons. The second-order valence-electron chi connectivity index (χ2n) is 16.1. The molecule has 0 bridgehead atoms. The van der Waals surface area contributed by atoms with Gasteiger partial charge in [0.15, 0.2) is 6.29 Å². The quantitative estimate of drug-likeness (QED) is 0.511. The van der Waals surface area contributed by atoms with Crippen LogP contribution >= 0.6 is 0 Å². The van der Waals surface area contributed by atoms with Gasteiger partial charge in [0.2, 0.25) is 5.91 Å². The molecule has 7 aliphatic rings. The third kappa shape index (κ3) is 3.27. The van der Waals surface area contributed by atoms with E-state index in [0.717, 1.165) is 32.0 Å². The summed E-state index contributed by atoms with van der Waals surface area (Å²) < 4.78 is 19.0. The van der Waals surface area contributed by atoms with Crippen molar-refractivity contribution in [2.75, 3.05) is 19.7 Å². The van der Waals surface area contributed by atoms with Crippen LogP contribution in [0.2, 0.25) is 0 Å². The van der Waals surface area contributed by atoms with Gasteiger partial charge in [0.1, 0.15) is 12.4 Å². The third-order valence-corrected chi connectivity index (χ3v) is 14.7. The zero-order valence-electron chi connectivity index (χ0n) is 25.5. The number of fused-ring (bicyclic) bond motifs is 4. The Balaban J connectivity index is 1.15. The Hall–Kier alpha value is -1.02. The van der Waals surface area contributed by atoms with Crippen LogP contribution in [0, 0.1) is 50.7 Å². The van der Waals surface area contributed by atoms with E-state index in [9.17, 15) is 14.7 Å². The zero-order chi connectivity index (χ0) is 28.5. The first-order valence-corrected chi connectivity index (χ1v) is 16.2. The minimum Gasteiger partial charge on any atom is -0.390 e. The molecule has 1 N–H and O–H groups in total. The van der Waals surface area contributed by atoms with Crippen molar-refractivity contribution in [3.63, 3.8) is 0 Å². The molecule has 2 aliphatic heterocycles. The molecule has 0 aromatic rings. The third-order valence-electron chi connectivity index (χ3n) is 14.7. The van der Waals surface area contributed by atoms with E-state index in [2.05, 4.69) is 34.6 Å². The lowest BCUT2D eigenvalue weighted by Gasteiger charge is -2.63. The van der Waals surface area contributed by atoms with Crippen LogP contribution in [0.15, 0.2) is 0 Å². The van der Waals surface area contributed by atoms with Gasteiger partial charge in [0.05, 0.1) is 31.5 Å². The SMILES string of the molecule is CC(=O)N1CCOC(OC2CC[C@]34CC35CC[C@]3(C)C6C(C)CC(C=O)OC6[C@H](O)[C@@]3(C)[C@@H]5CC[C@H]4C2(C)C)C1. The summed E-state index contributed by atoms with van der Waals surface area (Å²) in [5.41, 5.74) is 0.459. The predicted octanol–water partition coefficient (Wildman–Crippen LogP) is 4.59. The molecule has 40 heavy (non-hydrogen) atoms. The Labute approximate surface area is 240 Å². The first-order valence-electron chi connectivity index (χ1n) is 16.2. The largest absolute Gasteiger partial charge is 0.390 e. The Morgan fingerprint density at radius 2 is 1.77 bits per heavy atom. The number of aliphatic hydroxyl groups excluding tert-OH is 1. The Bertz CT molecular complexity index is 1080. The van der Waals surface area contributed by atoms with Crippen LogP contribution in [-0.2, 0) is 23.8 Å². The number of ether oxygens (including phenoxy) is 3. The smallest absolute Gasteiger partial charge is 0.219 e. The lowest BCUT2D eigenvalue weighted by molar-refractivity contribution is -0.247. The van der Waals surface area contributed by atoms with Crippen molar-refractivity contribution >= 4 is 12.2 Å². The maximum atomic E-state index is 12.1. The Morgan fingerprint density at radius 1 is 1.05 bits per heavy atom. The normalized spacial score (nSPS) is 56.2. The lowest BCUT2D eigenvalue weighted by atomic mass is 9.41. The van der Waals surface area contributed by atoms with E-state index in [4.69, 9.17) is 14.2 Å². The van der Waals surface area contributed by atoms with Gasteiger partial charge in [-0.15, -0.1) is 0 Å². The fourth-order valence-corrected chi connectivity index (χ4v) is 12.8. The maximum Gasteiger partial charge on any atom is 0.219 e. The van der Waals surface area contributed by atoms with Crippen molar-refractivity contribution in [1.82, 2.24) is 4.90 Å². The maximum absolute atomic E-state index is 12.1. The molecule has 1 amide bonds. The standard InChI is InChI=1S/C33H51NO6/c1-19-15-21(17-35)39-27-26(19)30(5)11-12-33-18-32(33)10-9-24(40-25-16-34(20(2)36)13-14-38-25)29(3,4)22(32)7-8-23(33)31(30,6)28(27)37/h17,19,21-28,37H,7-16,18H2,1-6H3/t19?,21?,22-,23-,24?,25?,26?,27?,28-,30+,31+,32+,33?/m0/s1. The number of amides is 1. The minimum absolute atomic E-state index is 0.0212. The number of carbonyl (C=O) groups excluding carboxylic acids is 2. The highest BCUT2D eigenvalue weighted by Gasteiger charge is 2.84. The summed E-state index contributed by atoms with van der Waals surface area (Å²) in [5, 5.41) is 12.1. The fraction of sp³-hybridized carbons (Fsp3) is 0.939. The van der Waals surface area contributed by atoms with E-state index in [1.54, 1.807) is 6.92 Å². The van der Waals surface area contributed by atoms with E-state index < -0.39 is 6.10 Å². The molecule has 2 saturated heterocycles. The average Bonchev–Trinajstić information content (AvgIpc) is 3.55. The van der Waals surface area contributed by atoms with E-state index in [0.29, 0.717) is 54.2 Å². The van der Waals surface area contributed by atoms with Gasteiger partial charge in [0.25, 0.3) is 0 Å². The number of aliphatic hydroxyl groups is 1. The van der Waals surface area contributed by atoms with Crippen LogP contribution in [0.25, 0.3) is 0 Å². The molecule has 0 radical (unpaired) electrons. The molecule has 7 nitrogen and oxygen atoms in total. The molecule has 7 rings (SSSR count). The summed E-state index contributed by atoms with van der Waals surface area (Å²) in [4.78, 5) is 25.6.